The summed E-state index contributed by atoms with van der Waals surface area (Å²) in [7, 11) is 0. The summed E-state index contributed by atoms with van der Waals surface area (Å²) in [6, 6.07) is 1.93. The molecule has 11 heavy (non-hydrogen) atoms. The van der Waals surface area contributed by atoms with Crippen LogP contribution in [0.2, 0.25) is 0 Å². The Balaban J connectivity index is 2.79. The van der Waals surface area contributed by atoms with Crippen LogP contribution in [0.4, 0.5) is 0 Å². The van der Waals surface area contributed by atoms with Crippen molar-refractivity contribution in [2.24, 2.45) is 0 Å². The maximum Gasteiger partial charge on any atom is 0.0615 e. The van der Waals surface area contributed by atoms with Crippen molar-refractivity contribution in [2.45, 2.75) is 0 Å². The standard InChI is InChI=1S/C8H8BrNO/c9-8-4-7(2-1-3-11)5-10-6-8/h1-2,4-6,11H,3H2/b2-1-. The van der Waals surface area contributed by atoms with Crippen molar-refractivity contribution in [3.8, 4) is 0 Å². The number of aliphatic hydroxyl groups excluding tert-OH is 1. The number of rotatable bonds is 2. The number of nitrogens with zero attached hydrogens (tertiary/aromatic N) is 1. The lowest BCUT2D eigenvalue weighted by atomic mass is 10.3. The van der Waals surface area contributed by atoms with Gasteiger partial charge in [-0.15, -0.1) is 0 Å². The minimum absolute atomic E-state index is 0.0620. The predicted molar refractivity (Wildman–Crippen MR) is 48.1 cm³/mol. The van der Waals surface area contributed by atoms with Crippen LogP contribution in [-0.4, -0.2) is 16.7 Å². The fraction of sp³-hybridized carbons (Fsp3) is 0.125. The molecule has 1 aromatic rings. The lowest BCUT2D eigenvalue weighted by Gasteiger charge is -1.91. The fourth-order valence-electron chi connectivity index (χ4n) is 0.708. The van der Waals surface area contributed by atoms with E-state index in [9.17, 15) is 0 Å². The predicted octanol–water partition coefficient (Wildman–Crippen LogP) is 1.85. The summed E-state index contributed by atoms with van der Waals surface area (Å²) < 4.78 is 0.942. The van der Waals surface area contributed by atoms with Crippen LogP contribution in [0.5, 0.6) is 0 Å². The molecule has 0 spiro atoms. The molecule has 0 aromatic carbocycles. The molecule has 3 heteroatoms. The Bertz CT molecular complexity index is 260. The average molecular weight is 214 g/mol. The Morgan fingerprint density at radius 3 is 3.00 bits per heavy atom. The van der Waals surface area contributed by atoms with E-state index >= 15 is 0 Å². The van der Waals surface area contributed by atoms with Crippen LogP contribution >= 0.6 is 15.9 Å². The molecule has 1 aromatic heterocycles. The number of hydrogen-bond donors (Lipinski definition) is 1. The molecule has 58 valence electrons. The van der Waals surface area contributed by atoms with Gasteiger partial charge in [-0.25, -0.2) is 0 Å². The minimum atomic E-state index is 0.0620. The van der Waals surface area contributed by atoms with Crippen molar-refractivity contribution in [1.82, 2.24) is 4.98 Å². The maximum absolute atomic E-state index is 8.48. The molecule has 1 heterocycles. The van der Waals surface area contributed by atoms with E-state index < -0.39 is 0 Å². The van der Waals surface area contributed by atoms with Gasteiger partial charge in [0.05, 0.1) is 6.61 Å². The first-order valence-electron chi connectivity index (χ1n) is 3.21. The molecule has 0 aliphatic heterocycles. The topological polar surface area (TPSA) is 33.1 Å². The molecule has 1 rings (SSSR count). The van der Waals surface area contributed by atoms with Crippen molar-refractivity contribution in [3.63, 3.8) is 0 Å². The lowest BCUT2D eigenvalue weighted by Crippen LogP contribution is -1.77. The molecule has 0 saturated heterocycles. The number of halogens is 1. The minimum Gasteiger partial charge on any atom is -0.392 e. The van der Waals surface area contributed by atoms with Crippen LogP contribution in [0.3, 0.4) is 0 Å². The molecular formula is C8H8BrNO. The van der Waals surface area contributed by atoms with Gasteiger partial charge in [0, 0.05) is 16.9 Å². The van der Waals surface area contributed by atoms with Crippen molar-refractivity contribution >= 4 is 22.0 Å². The Morgan fingerprint density at radius 2 is 2.36 bits per heavy atom. The van der Waals surface area contributed by atoms with E-state index in [1.807, 2.05) is 12.1 Å². The van der Waals surface area contributed by atoms with Crippen LogP contribution in [0.15, 0.2) is 29.0 Å². The third-order valence-electron chi connectivity index (χ3n) is 1.14. The van der Waals surface area contributed by atoms with Gasteiger partial charge in [0.25, 0.3) is 0 Å². The highest BCUT2D eigenvalue weighted by molar-refractivity contribution is 9.10. The Hall–Kier alpha value is -0.670. The highest BCUT2D eigenvalue weighted by Crippen LogP contribution is 2.10. The third kappa shape index (κ3) is 2.82. The van der Waals surface area contributed by atoms with Crippen molar-refractivity contribution in [2.75, 3.05) is 6.61 Å². The van der Waals surface area contributed by atoms with Crippen molar-refractivity contribution < 1.29 is 5.11 Å². The van der Waals surface area contributed by atoms with E-state index in [0.29, 0.717) is 0 Å². The summed E-state index contributed by atoms with van der Waals surface area (Å²) in [4.78, 5) is 3.96. The first-order valence-corrected chi connectivity index (χ1v) is 4.00. The quantitative estimate of drug-likeness (QED) is 0.814. The average Bonchev–Trinajstić information content (AvgIpc) is 2.01. The molecule has 0 unspecified atom stereocenters. The smallest absolute Gasteiger partial charge is 0.0615 e. The summed E-state index contributed by atoms with van der Waals surface area (Å²) in [5, 5.41) is 8.48. The zero-order valence-corrected chi connectivity index (χ0v) is 7.45. The second-order valence-electron chi connectivity index (χ2n) is 2.02. The van der Waals surface area contributed by atoms with E-state index in [1.54, 1.807) is 18.5 Å². The molecule has 0 saturated carbocycles. The SMILES string of the molecule is OC/C=C\c1cncc(Br)c1. The van der Waals surface area contributed by atoms with Gasteiger partial charge in [0.15, 0.2) is 0 Å². The van der Waals surface area contributed by atoms with Gasteiger partial charge in [-0.05, 0) is 27.6 Å². The summed E-state index contributed by atoms with van der Waals surface area (Å²) in [5.41, 5.74) is 0.980. The molecule has 0 fully saturated rings. The van der Waals surface area contributed by atoms with Gasteiger partial charge < -0.3 is 5.11 Å². The van der Waals surface area contributed by atoms with E-state index in [2.05, 4.69) is 20.9 Å². The molecule has 2 nitrogen and oxygen atoms in total. The summed E-state index contributed by atoms with van der Waals surface area (Å²) in [5.74, 6) is 0. The zero-order valence-electron chi connectivity index (χ0n) is 5.87. The Labute approximate surface area is 73.7 Å². The van der Waals surface area contributed by atoms with Gasteiger partial charge in [0.2, 0.25) is 0 Å². The summed E-state index contributed by atoms with van der Waals surface area (Å²) >= 11 is 3.30. The van der Waals surface area contributed by atoms with Gasteiger partial charge in [0.1, 0.15) is 0 Å². The van der Waals surface area contributed by atoms with Crippen LogP contribution in [0.1, 0.15) is 5.56 Å². The molecule has 0 amide bonds. The van der Waals surface area contributed by atoms with E-state index in [4.69, 9.17) is 5.11 Å². The molecule has 0 radical (unpaired) electrons. The van der Waals surface area contributed by atoms with Gasteiger partial charge in [-0.2, -0.15) is 0 Å². The normalized spacial score (nSPS) is 10.7. The van der Waals surface area contributed by atoms with Crippen LogP contribution in [0, 0.1) is 0 Å². The number of hydrogen-bond acceptors (Lipinski definition) is 2. The van der Waals surface area contributed by atoms with Crippen LogP contribution < -0.4 is 0 Å². The Kier molecular flexibility index (Phi) is 3.26. The monoisotopic (exact) mass is 213 g/mol. The fourth-order valence-corrected chi connectivity index (χ4v) is 1.09. The third-order valence-corrected chi connectivity index (χ3v) is 1.58. The van der Waals surface area contributed by atoms with E-state index in [-0.39, 0.29) is 6.61 Å². The highest BCUT2D eigenvalue weighted by Gasteiger charge is 1.87. The van der Waals surface area contributed by atoms with Gasteiger partial charge in [-0.3, -0.25) is 4.98 Å². The maximum atomic E-state index is 8.48. The summed E-state index contributed by atoms with van der Waals surface area (Å²) in [6.07, 6.45) is 6.94. The summed E-state index contributed by atoms with van der Waals surface area (Å²) in [6.45, 7) is 0.0620. The molecule has 0 aliphatic rings. The lowest BCUT2D eigenvalue weighted by molar-refractivity contribution is 0.343. The van der Waals surface area contributed by atoms with Gasteiger partial charge >= 0.3 is 0 Å². The van der Waals surface area contributed by atoms with Crippen LogP contribution in [0.25, 0.3) is 6.08 Å². The second-order valence-corrected chi connectivity index (χ2v) is 2.94. The highest BCUT2D eigenvalue weighted by atomic mass is 79.9. The molecule has 1 N–H and O–H groups in total. The van der Waals surface area contributed by atoms with Crippen molar-refractivity contribution in [3.05, 3.63) is 34.6 Å². The number of pyridine rings is 1. The molecule has 0 aliphatic carbocycles. The molecule has 0 bridgehead atoms. The number of aliphatic hydroxyl groups is 1. The van der Waals surface area contributed by atoms with E-state index in [0.717, 1.165) is 10.0 Å². The largest absolute Gasteiger partial charge is 0.392 e. The van der Waals surface area contributed by atoms with Crippen LogP contribution in [-0.2, 0) is 0 Å². The van der Waals surface area contributed by atoms with Crippen molar-refractivity contribution in [1.29, 1.82) is 0 Å². The second kappa shape index (κ2) is 4.26. The molecular weight excluding hydrogens is 206 g/mol. The Morgan fingerprint density at radius 1 is 1.55 bits per heavy atom. The molecule has 0 atom stereocenters. The first kappa shape index (κ1) is 8.43. The first-order chi connectivity index (χ1) is 5.33. The van der Waals surface area contributed by atoms with E-state index in [1.165, 1.54) is 0 Å². The zero-order chi connectivity index (χ0) is 8.10. The van der Waals surface area contributed by atoms with Gasteiger partial charge in [-0.1, -0.05) is 12.2 Å². The number of aromatic nitrogens is 1.